The van der Waals surface area contributed by atoms with Crippen LogP contribution in [0.25, 0.3) is 0 Å². The lowest BCUT2D eigenvalue weighted by molar-refractivity contribution is -0.139. The van der Waals surface area contributed by atoms with Crippen LogP contribution in [0.5, 0.6) is 11.5 Å². The summed E-state index contributed by atoms with van der Waals surface area (Å²) in [5.74, 6) is 0.0792. The van der Waals surface area contributed by atoms with E-state index in [1.807, 2.05) is 0 Å². The van der Waals surface area contributed by atoms with Crippen molar-refractivity contribution in [3.05, 3.63) is 24.3 Å². The maximum Gasteiger partial charge on any atom is 0.532 e. The number of carbonyl (C=O) groups is 1. The first kappa shape index (κ1) is 21.0. The van der Waals surface area contributed by atoms with Crippen LogP contribution in [-0.4, -0.2) is 38.4 Å². The Balaban J connectivity index is 1.88. The fraction of sp³-hybridized carbons (Fsp3) is 0.588. The number of carbonyl (C=O) groups excluding carboxylic acids is 1. The van der Waals surface area contributed by atoms with Gasteiger partial charge < -0.3 is 23.8 Å². The van der Waals surface area contributed by atoms with Crippen molar-refractivity contribution in [1.82, 2.24) is 5.32 Å². The fourth-order valence-corrected chi connectivity index (χ4v) is 3.81. The summed E-state index contributed by atoms with van der Waals surface area (Å²) in [5, 5.41) is 3.00. The minimum Gasteiger partial charge on any atom is -0.497 e. The zero-order valence-electron chi connectivity index (χ0n) is 15.0. The molecule has 1 N–H and O–H groups in total. The first-order valence-electron chi connectivity index (χ1n) is 8.67. The predicted octanol–water partition coefficient (Wildman–Crippen LogP) is 3.90. The lowest BCUT2D eigenvalue weighted by atomic mass is 10.2. The second kappa shape index (κ2) is 10.2. The van der Waals surface area contributed by atoms with Gasteiger partial charge in [-0.2, -0.15) is 0 Å². The molecule has 1 fully saturated rings. The first-order chi connectivity index (χ1) is 12.4. The topological polar surface area (TPSA) is 83.1 Å². The number of ether oxygens (including phenoxy) is 2. The van der Waals surface area contributed by atoms with Crippen molar-refractivity contribution in [2.24, 2.45) is 0 Å². The number of halogens is 1. The Labute approximate surface area is 158 Å². The van der Waals surface area contributed by atoms with Crippen molar-refractivity contribution < 1.29 is 27.9 Å². The molecular formula is C17H25ClNO6P. The molecule has 2 unspecified atom stereocenters. The molecule has 7 nitrogen and oxygen atoms in total. The zero-order valence-corrected chi connectivity index (χ0v) is 16.6. The largest absolute Gasteiger partial charge is 0.532 e. The summed E-state index contributed by atoms with van der Waals surface area (Å²) in [6.45, 7) is -0.825. The number of unbranched alkanes of at least 4 members (excludes halogenated alkanes) is 2. The number of rotatable bonds is 10. The van der Waals surface area contributed by atoms with E-state index in [9.17, 15) is 9.36 Å². The lowest BCUT2D eigenvalue weighted by Gasteiger charge is -2.20. The second-order valence-corrected chi connectivity index (χ2v) is 8.41. The second-order valence-electron chi connectivity index (χ2n) is 5.94. The molecule has 1 aromatic rings. The van der Waals surface area contributed by atoms with Crippen molar-refractivity contribution in [3.8, 4) is 11.5 Å². The molecular weight excluding hydrogens is 381 g/mol. The monoisotopic (exact) mass is 405 g/mol. The molecule has 1 aliphatic rings. The minimum absolute atomic E-state index is 0.212. The maximum atomic E-state index is 12.3. The molecule has 0 radical (unpaired) electrons. The summed E-state index contributed by atoms with van der Waals surface area (Å²) < 4.78 is 33.1. The van der Waals surface area contributed by atoms with Gasteiger partial charge in [-0.1, -0.05) is 19.8 Å². The molecule has 0 bridgehead atoms. The van der Waals surface area contributed by atoms with E-state index in [2.05, 4.69) is 12.2 Å². The Morgan fingerprint density at radius 2 is 1.96 bits per heavy atom. The quantitative estimate of drug-likeness (QED) is 0.467. The van der Waals surface area contributed by atoms with Crippen LogP contribution in [0.15, 0.2) is 24.3 Å². The Kier molecular flexibility index (Phi) is 8.22. The molecule has 0 spiro atoms. The van der Waals surface area contributed by atoms with Gasteiger partial charge in [0.1, 0.15) is 17.5 Å². The number of benzene rings is 1. The van der Waals surface area contributed by atoms with E-state index in [1.54, 1.807) is 12.1 Å². The van der Waals surface area contributed by atoms with Crippen LogP contribution in [0.4, 0.5) is 0 Å². The van der Waals surface area contributed by atoms with E-state index in [1.165, 1.54) is 19.2 Å². The van der Waals surface area contributed by atoms with Crippen LogP contribution in [0, 0.1) is 0 Å². The van der Waals surface area contributed by atoms with Crippen molar-refractivity contribution in [2.75, 3.05) is 20.3 Å². The van der Waals surface area contributed by atoms with Crippen LogP contribution in [-0.2, 0) is 18.6 Å². The standard InChI is InChI=1S/C17H25ClNO6P/c1-3-4-5-12-23-15-10-11-19-16(15)17(20)25-26(18,21)24-14-8-6-13(22-2)7-9-14/h6-9,15-16,19H,3-5,10-12H2,1-2H3/t15?,16-,26?/m0/s1. The van der Waals surface area contributed by atoms with Gasteiger partial charge in [-0.15, -0.1) is 0 Å². The third-order valence-electron chi connectivity index (χ3n) is 3.97. The summed E-state index contributed by atoms with van der Waals surface area (Å²) in [5.41, 5.74) is 0. The molecule has 146 valence electrons. The molecule has 1 heterocycles. The molecule has 0 saturated carbocycles. The minimum atomic E-state index is -4.12. The van der Waals surface area contributed by atoms with Crippen LogP contribution in [0.1, 0.15) is 32.6 Å². The normalized spacial score (nSPS) is 21.8. The van der Waals surface area contributed by atoms with Crippen molar-refractivity contribution in [3.63, 3.8) is 0 Å². The molecule has 2 rings (SSSR count). The van der Waals surface area contributed by atoms with Crippen LogP contribution < -0.4 is 14.6 Å². The third-order valence-corrected chi connectivity index (χ3v) is 5.21. The summed E-state index contributed by atoms with van der Waals surface area (Å²) in [4.78, 5) is 12.3. The van der Waals surface area contributed by atoms with Gasteiger partial charge in [0.15, 0.2) is 0 Å². The average Bonchev–Trinajstić information content (AvgIpc) is 3.07. The van der Waals surface area contributed by atoms with E-state index in [0.717, 1.165) is 19.3 Å². The van der Waals surface area contributed by atoms with Gasteiger partial charge in [-0.25, -0.2) is 9.36 Å². The fourth-order valence-electron chi connectivity index (χ4n) is 2.63. The first-order valence-corrected chi connectivity index (χ1v) is 11.1. The van der Waals surface area contributed by atoms with Gasteiger partial charge in [-0.05, 0) is 43.7 Å². The Hall–Kier alpha value is -1.27. The molecule has 26 heavy (non-hydrogen) atoms. The van der Waals surface area contributed by atoms with Crippen molar-refractivity contribution in [1.29, 1.82) is 0 Å². The summed E-state index contributed by atoms with van der Waals surface area (Å²) >= 11 is 5.80. The maximum absolute atomic E-state index is 12.3. The van der Waals surface area contributed by atoms with E-state index < -0.39 is 19.0 Å². The Bertz CT molecular complexity index is 626. The van der Waals surface area contributed by atoms with E-state index >= 15 is 0 Å². The van der Waals surface area contributed by atoms with Gasteiger partial charge in [0.05, 0.1) is 13.2 Å². The number of nitrogens with one attached hydrogen (secondary N) is 1. The molecule has 1 aliphatic heterocycles. The van der Waals surface area contributed by atoms with Crippen LogP contribution >= 0.6 is 18.2 Å². The number of hydrogen-bond donors (Lipinski definition) is 1. The van der Waals surface area contributed by atoms with Gasteiger partial charge in [0, 0.05) is 17.8 Å². The van der Waals surface area contributed by atoms with Gasteiger partial charge in [0.25, 0.3) is 0 Å². The van der Waals surface area contributed by atoms with Crippen molar-refractivity contribution >= 4 is 24.2 Å². The molecule has 0 aliphatic carbocycles. The van der Waals surface area contributed by atoms with Crippen LogP contribution in [0.2, 0.25) is 0 Å². The molecule has 9 heteroatoms. The van der Waals surface area contributed by atoms with E-state index in [0.29, 0.717) is 25.3 Å². The summed E-state index contributed by atoms with van der Waals surface area (Å²) in [6, 6.07) is 5.58. The third kappa shape index (κ3) is 6.47. The Morgan fingerprint density at radius 3 is 2.62 bits per heavy atom. The molecule has 1 aromatic carbocycles. The predicted molar refractivity (Wildman–Crippen MR) is 98.8 cm³/mol. The average molecular weight is 406 g/mol. The van der Waals surface area contributed by atoms with Gasteiger partial charge in [0.2, 0.25) is 0 Å². The molecule has 0 aromatic heterocycles. The summed E-state index contributed by atoms with van der Waals surface area (Å²) in [6.07, 6.45) is 3.45. The van der Waals surface area contributed by atoms with Gasteiger partial charge in [-0.3, -0.25) is 0 Å². The highest BCUT2D eigenvalue weighted by molar-refractivity contribution is 7.82. The lowest BCUT2D eigenvalue weighted by Crippen LogP contribution is -2.40. The smallest absolute Gasteiger partial charge is 0.497 e. The highest BCUT2D eigenvalue weighted by Gasteiger charge is 2.39. The molecule has 0 amide bonds. The van der Waals surface area contributed by atoms with Crippen molar-refractivity contribution in [2.45, 2.75) is 44.8 Å². The molecule has 1 saturated heterocycles. The molecule has 3 atom stereocenters. The number of methoxy groups -OCH3 is 1. The number of hydrogen-bond acceptors (Lipinski definition) is 7. The highest BCUT2D eigenvalue weighted by atomic mass is 35.7. The van der Waals surface area contributed by atoms with E-state index in [4.69, 9.17) is 29.8 Å². The highest BCUT2D eigenvalue weighted by Crippen LogP contribution is 2.53. The van der Waals surface area contributed by atoms with Gasteiger partial charge >= 0.3 is 12.9 Å². The Morgan fingerprint density at radius 1 is 1.27 bits per heavy atom. The van der Waals surface area contributed by atoms with E-state index in [-0.39, 0.29) is 11.9 Å². The van der Waals surface area contributed by atoms with Crippen LogP contribution in [0.3, 0.4) is 0 Å². The summed E-state index contributed by atoms with van der Waals surface area (Å²) in [7, 11) is 1.53. The zero-order chi connectivity index (χ0) is 19.0. The SMILES string of the molecule is CCCCCOC1CCN[C@@H]1C(=O)OP(=O)(Cl)Oc1ccc(OC)cc1.